The average molecular weight is 328 g/mol. The molecular weight excluding hydrogens is 282 g/mol. The molecule has 0 saturated carbocycles. The minimum Gasteiger partial charge on any atom is -0.412 e. The van der Waals surface area contributed by atoms with Gasteiger partial charge in [0.1, 0.15) is 0 Å². The lowest BCUT2D eigenvalue weighted by Crippen LogP contribution is -2.04. The van der Waals surface area contributed by atoms with E-state index in [0.29, 0.717) is 5.92 Å². The predicted octanol–water partition coefficient (Wildman–Crippen LogP) is 6.53. The van der Waals surface area contributed by atoms with Crippen LogP contribution < -0.4 is 5.73 Å². The van der Waals surface area contributed by atoms with Crippen LogP contribution in [0.1, 0.15) is 118 Å². The van der Waals surface area contributed by atoms with Crippen molar-refractivity contribution in [2.45, 2.75) is 118 Å². The highest BCUT2D eigenvalue weighted by Gasteiger charge is 2.05. The Morgan fingerprint density at radius 2 is 1.04 bits per heavy atom. The van der Waals surface area contributed by atoms with Crippen LogP contribution in [0.4, 0.5) is 0 Å². The van der Waals surface area contributed by atoms with Crippen LogP contribution in [0.25, 0.3) is 0 Å². The number of unbranched alkanes of at least 4 members (excludes halogenated alkanes) is 12. The number of rotatable bonds is 15. The van der Waals surface area contributed by atoms with Crippen molar-refractivity contribution in [3.63, 3.8) is 0 Å². The molecule has 0 aliphatic heterocycles. The molecule has 1 unspecified atom stereocenters. The molecule has 2 nitrogen and oxygen atoms in total. The summed E-state index contributed by atoms with van der Waals surface area (Å²) in [5.41, 5.74) is 8.26. The van der Waals surface area contributed by atoms with Gasteiger partial charge in [-0.3, -0.25) is 0 Å². The molecule has 0 radical (unpaired) electrons. The fraction of sp³-hybridized carbons (Fsp3) is 0.905. The van der Waals surface area contributed by atoms with E-state index < -0.39 is 0 Å². The monoisotopic (exact) mass is 327 g/mol. The maximum atomic E-state index is 5.86. The molecule has 0 aliphatic carbocycles. The first-order valence-corrected chi connectivity index (χ1v) is 10.0. The van der Waals surface area contributed by atoms with Gasteiger partial charge in [0.2, 0.25) is 0 Å². The van der Waals surface area contributed by atoms with E-state index in [0.717, 1.165) is 5.70 Å². The second-order valence-corrected chi connectivity index (χ2v) is 7.30. The zero-order chi connectivity index (χ0) is 16.6. The normalized spacial score (nSPS) is 13.4. The Bertz CT molecular complexity index is 269. The van der Waals surface area contributed by atoms with E-state index in [2.05, 4.69) is 20.8 Å². The Hall–Kier alpha value is -0.500. The van der Waals surface area contributed by atoms with Crippen LogP contribution >= 0.6 is 0 Å². The van der Waals surface area contributed by atoms with Gasteiger partial charge in [-0.05, 0) is 26.2 Å². The molecule has 2 heteroatoms. The van der Waals surface area contributed by atoms with Gasteiger partial charge in [-0.25, -0.2) is 0 Å². The van der Waals surface area contributed by atoms with Gasteiger partial charge in [0.15, 0.2) is 0 Å². The Labute approximate surface area is 146 Å². The molecule has 23 heavy (non-hydrogen) atoms. The average Bonchev–Trinajstić information content (AvgIpc) is 2.50. The molecule has 0 rings (SSSR count). The molecule has 0 aliphatic rings. The van der Waals surface area contributed by atoms with Crippen molar-refractivity contribution in [2.75, 3.05) is 0 Å². The van der Waals surface area contributed by atoms with Crippen LogP contribution in [0.5, 0.6) is 0 Å². The molecule has 0 heterocycles. The minimum absolute atomic E-state index is 0. The van der Waals surface area contributed by atoms with Crippen molar-refractivity contribution >= 4 is 0 Å². The molecule has 0 spiro atoms. The van der Waals surface area contributed by atoms with Gasteiger partial charge in [-0.1, -0.05) is 103 Å². The summed E-state index contributed by atoms with van der Waals surface area (Å²) in [7, 11) is 0. The second-order valence-electron chi connectivity index (χ2n) is 7.30. The summed E-state index contributed by atoms with van der Waals surface area (Å²) < 4.78 is 0. The van der Waals surface area contributed by atoms with Crippen molar-refractivity contribution in [2.24, 2.45) is 11.7 Å². The van der Waals surface area contributed by atoms with Crippen LogP contribution in [-0.2, 0) is 0 Å². The van der Waals surface area contributed by atoms with E-state index in [9.17, 15) is 0 Å². The summed E-state index contributed by atoms with van der Waals surface area (Å²) in [5, 5.41) is 0. The van der Waals surface area contributed by atoms with Gasteiger partial charge in [0, 0.05) is 5.70 Å². The third-order valence-electron chi connectivity index (χ3n) is 5.10. The van der Waals surface area contributed by atoms with E-state index in [1.54, 1.807) is 0 Å². The highest BCUT2D eigenvalue weighted by molar-refractivity contribution is 5.08. The van der Waals surface area contributed by atoms with Gasteiger partial charge in [-0.2, -0.15) is 0 Å². The smallest absolute Gasteiger partial charge is 0.00406 e. The molecular formula is C21H45NO. The third-order valence-corrected chi connectivity index (χ3v) is 5.10. The molecule has 0 aromatic heterocycles. The van der Waals surface area contributed by atoms with Crippen LogP contribution in [-0.4, -0.2) is 5.48 Å². The maximum Gasteiger partial charge on any atom is 0.00406 e. The standard InChI is InChI=1S/C21H43N.H2O/c1-5-6-7-8-9-10-11-12-13-14-15-16-17-18-19(2)20(3)21(4)22;/h19H,5-18,22H2,1-4H3;1H2. The lowest BCUT2D eigenvalue weighted by molar-refractivity contribution is 0.511. The second kappa shape index (κ2) is 17.8. The molecule has 0 fully saturated rings. The van der Waals surface area contributed by atoms with E-state index in [1.165, 1.54) is 95.5 Å². The van der Waals surface area contributed by atoms with Crippen molar-refractivity contribution in [3.05, 3.63) is 11.3 Å². The first-order valence-electron chi connectivity index (χ1n) is 10.0. The molecule has 0 aromatic carbocycles. The number of hydrogen-bond donors (Lipinski definition) is 1. The molecule has 140 valence electrons. The van der Waals surface area contributed by atoms with E-state index in [-0.39, 0.29) is 5.48 Å². The van der Waals surface area contributed by atoms with Gasteiger partial charge in [0.25, 0.3) is 0 Å². The van der Waals surface area contributed by atoms with Crippen molar-refractivity contribution in [1.82, 2.24) is 0 Å². The quantitative estimate of drug-likeness (QED) is 0.341. The van der Waals surface area contributed by atoms with Crippen LogP contribution in [0.3, 0.4) is 0 Å². The first kappa shape index (κ1) is 24.7. The minimum atomic E-state index is 0. The summed E-state index contributed by atoms with van der Waals surface area (Å²) in [6.45, 7) is 8.81. The molecule has 0 bridgehead atoms. The lowest BCUT2D eigenvalue weighted by atomic mass is 9.94. The Balaban J connectivity index is 0. The predicted molar refractivity (Wildman–Crippen MR) is 106 cm³/mol. The molecule has 0 aromatic rings. The molecule has 0 saturated heterocycles. The van der Waals surface area contributed by atoms with Crippen LogP contribution in [0.2, 0.25) is 0 Å². The third kappa shape index (κ3) is 16.1. The highest BCUT2D eigenvalue weighted by atomic mass is 16.0. The summed E-state index contributed by atoms with van der Waals surface area (Å²) in [4.78, 5) is 0. The van der Waals surface area contributed by atoms with Crippen molar-refractivity contribution in [3.8, 4) is 0 Å². The van der Waals surface area contributed by atoms with Gasteiger partial charge in [0.05, 0.1) is 0 Å². The van der Waals surface area contributed by atoms with Crippen LogP contribution in [0, 0.1) is 5.92 Å². The molecule has 1 atom stereocenters. The van der Waals surface area contributed by atoms with Gasteiger partial charge >= 0.3 is 0 Å². The summed E-state index contributed by atoms with van der Waals surface area (Å²) >= 11 is 0. The molecule has 0 amide bonds. The van der Waals surface area contributed by atoms with E-state index in [1.807, 2.05) is 6.92 Å². The Morgan fingerprint density at radius 1 is 0.696 bits per heavy atom. The number of nitrogens with two attached hydrogens (primary N) is 1. The fourth-order valence-corrected chi connectivity index (χ4v) is 3.07. The van der Waals surface area contributed by atoms with E-state index in [4.69, 9.17) is 5.73 Å². The summed E-state index contributed by atoms with van der Waals surface area (Å²) in [6, 6.07) is 0. The topological polar surface area (TPSA) is 57.5 Å². The highest BCUT2D eigenvalue weighted by Crippen LogP contribution is 2.20. The Morgan fingerprint density at radius 3 is 1.39 bits per heavy atom. The zero-order valence-corrected chi connectivity index (χ0v) is 16.6. The van der Waals surface area contributed by atoms with Gasteiger partial charge < -0.3 is 11.2 Å². The first-order chi connectivity index (χ1) is 10.6. The largest absolute Gasteiger partial charge is 0.412 e. The SMILES string of the molecule is CCCCCCCCCCCCCCCC(C)C(C)=C(C)N.O. The van der Waals surface area contributed by atoms with Crippen molar-refractivity contribution in [1.29, 1.82) is 0 Å². The number of allylic oxidation sites excluding steroid dienone is 2. The molecule has 4 N–H and O–H groups in total. The summed E-state index contributed by atoms with van der Waals surface area (Å²) in [5.74, 6) is 0.665. The Kier molecular flexibility index (Phi) is 19.2. The van der Waals surface area contributed by atoms with Gasteiger partial charge in [-0.15, -0.1) is 0 Å². The van der Waals surface area contributed by atoms with E-state index >= 15 is 0 Å². The maximum absolute atomic E-state index is 5.86. The fourth-order valence-electron chi connectivity index (χ4n) is 3.07. The van der Waals surface area contributed by atoms with Crippen LogP contribution in [0.15, 0.2) is 11.3 Å². The number of hydrogen-bond acceptors (Lipinski definition) is 1. The lowest BCUT2D eigenvalue weighted by Gasteiger charge is -2.13. The summed E-state index contributed by atoms with van der Waals surface area (Å²) in [6.07, 6.45) is 19.9. The zero-order valence-electron chi connectivity index (χ0n) is 16.6. The van der Waals surface area contributed by atoms with Crippen molar-refractivity contribution < 1.29 is 5.48 Å².